The van der Waals surface area contributed by atoms with Crippen LogP contribution in [-0.2, 0) is 23.9 Å². The number of carboxylic acid groups (broad SMARTS) is 1. The number of hydrogen-bond acceptors (Lipinski definition) is 14. The number of aliphatic carboxylic acids is 1. The van der Waals surface area contributed by atoms with Gasteiger partial charge in [0.25, 0.3) is 0 Å². The highest BCUT2D eigenvalue weighted by atomic mass is 16.8. The van der Waals surface area contributed by atoms with E-state index in [1.807, 2.05) is 38.1 Å². The number of phenols is 1. The SMILES string of the molecule is CNC[C@@H](C(=O)O)C(=O)OC[C@@H]1O[C@H](Oc2ccc3c(=O)c(-c4ccc(O)cc4)coc3c2)[C@@H](O[NH+]2CC3=CC=NC3=C2c2cc(C)cc(C)c2)[C@@](O)(CO)[C@H]1O. The zero-order valence-electron chi connectivity index (χ0n) is 31.2. The van der Waals surface area contributed by atoms with Gasteiger partial charge in [0.1, 0.15) is 54.4 Å². The van der Waals surface area contributed by atoms with E-state index in [0.717, 1.165) is 22.3 Å². The molecule has 3 aromatic carbocycles. The molecule has 7 N–H and O–H groups in total. The van der Waals surface area contributed by atoms with Crippen molar-refractivity contribution in [1.82, 2.24) is 5.32 Å². The topological polar surface area (TPSA) is 231 Å². The lowest BCUT2D eigenvalue weighted by Gasteiger charge is -2.47. The Balaban J connectivity index is 1.24. The summed E-state index contributed by atoms with van der Waals surface area (Å²) in [6.45, 7) is 2.11. The first kappa shape index (κ1) is 39.5. The summed E-state index contributed by atoms with van der Waals surface area (Å²) in [5.74, 6) is -4.04. The lowest BCUT2D eigenvalue weighted by molar-refractivity contribution is -1.04. The number of hydrogen-bond donors (Lipinski definition) is 7. The van der Waals surface area contributed by atoms with Crippen LogP contribution >= 0.6 is 0 Å². The molecule has 1 unspecified atom stereocenters. The molecule has 1 fully saturated rings. The third-order valence-corrected chi connectivity index (χ3v) is 10.2. The molecule has 3 aliphatic rings. The molecule has 4 aromatic rings. The molecule has 0 aliphatic carbocycles. The first-order valence-electron chi connectivity index (χ1n) is 18.1. The number of fused-ring (bicyclic) bond motifs is 2. The molecular weight excluding hydrogens is 742 g/mol. The van der Waals surface area contributed by atoms with Crippen molar-refractivity contribution in [3.63, 3.8) is 0 Å². The maximum Gasteiger partial charge on any atom is 0.321 e. The minimum Gasteiger partial charge on any atom is -0.508 e. The highest BCUT2D eigenvalue weighted by molar-refractivity contribution is 5.94. The standard InChI is InChI=1S/C41H41N3O13/c1-21-12-22(2)14-25(13-21)34-33-24(10-11-43-33)17-44(34)57-37-40(56-32(36(48)41(37,52)20-45)19-54-39(51)29(16-42-3)38(49)50)55-27-8-9-28-31(15-27)53-18-30(35(28)47)23-4-6-26(46)7-5-23/h4-15,18,29,32,36-37,40,42,45-46,48,52H,16-17,19-20H2,1-3H3,(H,49,50)/p+1/t29-,32-,36-,37+,40-,41+/m0/s1. The summed E-state index contributed by atoms with van der Waals surface area (Å²) in [5.41, 5.74) is 2.94. The Morgan fingerprint density at radius 3 is 2.49 bits per heavy atom. The molecular formula is C41H42N3O13+. The van der Waals surface area contributed by atoms with Gasteiger partial charge in [0, 0.05) is 30.0 Å². The molecule has 1 saturated heterocycles. The van der Waals surface area contributed by atoms with Gasteiger partial charge < -0.3 is 49.5 Å². The molecule has 16 heteroatoms. The van der Waals surface area contributed by atoms with E-state index in [9.17, 15) is 39.9 Å². The van der Waals surface area contributed by atoms with Crippen LogP contribution < -0.4 is 20.5 Å². The van der Waals surface area contributed by atoms with Gasteiger partial charge in [-0.25, -0.2) is 4.99 Å². The van der Waals surface area contributed by atoms with Crippen molar-refractivity contribution in [3.05, 3.63) is 111 Å². The number of benzene rings is 3. The number of nitrogens with one attached hydrogen (secondary N) is 2. The van der Waals surface area contributed by atoms with Crippen molar-refractivity contribution >= 4 is 34.8 Å². The molecule has 0 saturated carbocycles. The van der Waals surface area contributed by atoms with Crippen LogP contribution in [0, 0.1) is 19.8 Å². The first-order chi connectivity index (χ1) is 27.3. The maximum absolute atomic E-state index is 13.5. The smallest absolute Gasteiger partial charge is 0.321 e. The summed E-state index contributed by atoms with van der Waals surface area (Å²) in [7, 11) is 1.47. The third kappa shape index (κ3) is 7.71. The van der Waals surface area contributed by atoms with Gasteiger partial charge in [-0.2, -0.15) is 9.90 Å². The van der Waals surface area contributed by atoms with Crippen LogP contribution in [0.4, 0.5) is 0 Å². The Hall–Kier alpha value is -5.72. The molecule has 4 heterocycles. The van der Waals surface area contributed by atoms with Crippen LogP contribution in [-0.4, -0.2) is 107 Å². The lowest BCUT2D eigenvalue weighted by atomic mass is 9.84. The molecule has 1 aromatic heterocycles. The molecule has 298 valence electrons. The summed E-state index contributed by atoms with van der Waals surface area (Å²) in [5, 5.41) is 57.0. The van der Waals surface area contributed by atoms with Crippen LogP contribution in [0.1, 0.15) is 16.7 Å². The summed E-state index contributed by atoms with van der Waals surface area (Å²) in [6.07, 6.45) is -1.97. The van der Waals surface area contributed by atoms with Gasteiger partial charge in [0.05, 0.1) is 17.6 Å². The molecule has 57 heavy (non-hydrogen) atoms. The second kappa shape index (κ2) is 16.0. The number of nitrogens with zero attached hydrogens (tertiary/aromatic N) is 1. The van der Waals surface area contributed by atoms with Crippen molar-refractivity contribution in [1.29, 1.82) is 0 Å². The number of aliphatic imine (C=N–C) groups is 1. The number of aliphatic hydroxyl groups excluding tert-OH is 2. The third-order valence-electron chi connectivity index (χ3n) is 10.2. The number of hydroxylamine groups is 2. The Labute approximate surface area is 325 Å². The number of aliphatic hydroxyl groups is 3. The van der Waals surface area contributed by atoms with Crippen LogP contribution in [0.25, 0.3) is 27.8 Å². The molecule has 0 bridgehead atoms. The van der Waals surface area contributed by atoms with E-state index in [2.05, 4.69) is 10.3 Å². The molecule has 0 spiro atoms. The number of aryl methyl sites for hydroxylation is 2. The van der Waals surface area contributed by atoms with Crippen molar-refractivity contribution < 1.29 is 63.7 Å². The van der Waals surface area contributed by atoms with Crippen LogP contribution in [0.3, 0.4) is 0 Å². The Kier molecular flexibility index (Phi) is 11.1. The Bertz CT molecular complexity index is 2330. The zero-order valence-corrected chi connectivity index (χ0v) is 31.2. The van der Waals surface area contributed by atoms with E-state index in [1.54, 1.807) is 18.3 Å². The fourth-order valence-corrected chi connectivity index (χ4v) is 7.30. The van der Waals surface area contributed by atoms with Crippen LogP contribution in [0.5, 0.6) is 11.5 Å². The van der Waals surface area contributed by atoms with Gasteiger partial charge in [0.2, 0.25) is 12.4 Å². The predicted molar refractivity (Wildman–Crippen MR) is 203 cm³/mol. The van der Waals surface area contributed by atoms with Crippen molar-refractivity contribution in [2.75, 3.05) is 33.4 Å². The maximum atomic E-state index is 13.5. The number of quaternary nitrogens is 1. The molecule has 0 radical (unpaired) electrons. The van der Waals surface area contributed by atoms with Crippen molar-refractivity contribution in [2.45, 2.75) is 44.1 Å². The number of carbonyl (C=O) groups excluding carboxylic acids is 1. The predicted octanol–water partition coefficient (Wildman–Crippen LogP) is 1.01. The highest BCUT2D eigenvalue weighted by Gasteiger charge is 2.60. The van der Waals surface area contributed by atoms with E-state index in [-0.39, 0.29) is 46.6 Å². The Morgan fingerprint density at radius 1 is 1.07 bits per heavy atom. The number of carbonyl (C=O) groups is 2. The second-order valence-electron chi connectivity index (χ2n) is 14.2. The highest BCUT2D eigenvalue weighted by Crippen LogP contribution is 2.36. The number of aromatic hydroxyl groups is 1. The minimum atomic E-state index is -2.51. The van der Waals surface area contributed by atoms with E-state index < -0.39 is 61.3 Å². The number of rotatable bonds is 13. The number of carboxylic acids is 1. The lowest BCUT2D eigenvalue weighted by Crippen LogP contribution is -3.09. The van der Waals surface area contributed by atoms with E-state index in [1.165, 1.54) is 43.6 Å². The summed E-state index contributed by atoms with van der Waals surface area (Å²) in [4.78, 5) is 49.2. The normalized spacial score (nSPS) is 24.7. The number of ether oxygens (including phenoxy) is 3. The molecule has 16 nitrogen and oxygen atoms in total. The number of phenolic OH excluding ortho intramolecular Hbond substituents is 1. The van der Waals surface area contributed by atoms with E-state index >= 15 is 0 Å². The monoisotopic (exact) mass is 784 g/mol. The van der Waals surface area contributed by atoms with Gasteiger partial charge in [-0.3, -0.25) is 14.4 Å². The summed E-state index contributed by atoms with van der Waals surface area (Å²) >= 11 is 0. The molecule has 3 aliphatic heterocycles. The fourth-order valence-electron chi connectivity index (χ4n) is 7.30. The summed E-state index contributed by atoms with van der Waals surface area (Å²) in [6, 6.07) is 16.4. The van der Waals surface area contributed by atoms with Gasteiger partial charge in [-0.15, -0.1) is 0 Å². The molecule has 7 rings (SSSR count). The number of esters is 1. The number of allylic oxidation sites excluding steroid dienone is 1. The zero-order chi connectivity index (χ0) is 40.6. The average Bonchev–Trinajstić information content (AvgIpc) is 3.77. The van der Waals surface area contributed by atoms with Crippen molar-refractivity contribution in [2.24, 2.45) is 10.9 Å². The Morgan fingerprint density at radius 2 is 1.81 bits per heavy atom. The minimum absolute atomic E-state index is 0.0371. The van der Waals surface area contributed by atoms with E-state index in [4.69, 9.17) is 23.5 Å². The largest absolute Gasteiger partial charge is 0.508 e. The van der Waals surface area contributed by atoms with Gasteiger partial charge in [-0.1, -0.05) is 29.3 Å². The van der Waals surface area contributed by atoms with Crippen molar-refractivity contribution in [3.8, 4) is 22.6 Å². The second-order valence-corrected chi connectivity index (χ2v) is 14.2. The van der Waals surface area contributed by atoms with Gasteiger partial charge >= 0.3 is 11.9 Å². The average molecular weight is 785 g/mol. The van der Waals surface area contributed by atoms with Gasteiger partial charge in [-0.05, 0) is 68.9 Å². The van der Waals surface area contributed by atoms with E-state index in [0.29, 0.717) is 22.0 Å². The summed E-state index contributed by atoms with van der Waals surface area (Å²) < 4.78 is 23.6. The first-order valence-corrected chi connectivity index (χ1v) is 18.1. The quantitative estimate of drug-likeness (QED) is 0.0742. The van der Waals surface area contributed by atoms with Crippen LogP contribution in [0.15, 0.2) is 98.5 Å². The van der Waals surface area contributed by atoms with Crippen LogP contribution in [0.2, 0.25) is 0 Å². The molecule has 0 amide bonds. The fraction of sp³-hybridized carbons (Fsp3) is 0.317. The van der Waals surface area contributed by atoms with Gasteiger partial charge in [0.15, 0.2) is 22.6 Å². The molecule has 7 atom stereocenters.